The zero-order chi connectivity index (χ0) is 15.4. The van der Waals surface area contributed by atoms with E-state index in [-0.39, 0.29) is 23.3 Å². The van der Waals surface area contributed by atoms with Crippen molar-refractivity contribution >= 4 is 11.6 Å². The van der Waals surface area contributed by atoms with Crippen LogP contribution in [0.15, 0.2) is 42.5 Å². The average Bonchev–Trinajstić information content (AvgIpc) is 2.45. The number of phenolic OH excluding ortho intramolecular Hbond substituents is 2. The number of benzene rings is 2. The monoisotopic (exact) mass is 285 g/mol. The van der Waals surface area contributed by atoms with Crippen LogP contribution in [-0.2, 0) is 11.2 Å². The molecule has 0 fully saturated rings. The molecule has 0 aliphatic heterocycles. The van der Waals surface area contributed by atoms with Gasteiger partial charge in [-0.05, 0) is 43.2 Å². The van der Waals surface area contributed by atoms with Crippen LogP contribution in [0.25, 0.3) is 0 Å². The molecule has 2 aromatic rings. The molecule has 1 amide bonds. The molecule has 0 heterocycles. The third-order valence-electron chi connectivity index (χ3n) is 3.35. The second kappa shape index (κ2) is 6.31. The van der Waals surface area contributed by atoms with Gasteiger partial charge < -0.3 is 15.5 Å². The normalized spacial score (nSPS) is 11.9. The summed E-state index contributed by atoms with van der Waals surface area (Å²) in [5, 5.41) is 21.6. The lowest BCUT2D eigenvalue weighted by atomic mass is 10.00. The first kappa shape index (κ1) is 14.9. The number of amides is 1. The van der Waals surface area contributed by atoms with Crippen LogP contribution in [0.5, 0.6) is 11.5 Å². The molecular formula is C17H19NO3. The summed E-state index contributed by atoms with van der Waals surface area (Å²) in [5.74, 6) is -0.643. The molecule has 0 aliphatic carbocycles. The standard InChI is InChI=1S/C17H19NO3/c1-11-3-6-14(7-4-11)18-17(21)12(2)9-13-5-8-15(19)16(20)10-13/h3-8,10,12,19-20H,9H2,1-2H3,(H,18,21). The van der Waals surface area contributed by atoms with E-state index in [0.717, 1.165) is 16.8 Å². The minimum absolute atomic E-state index is 0.0774. The number of carbonyl (C=O) groups is 1. The van der Waals surface area contributed by atoms with Gasteiger partial charge in [-0.25, -0.2) is 0 Å². The SMILES string of the molecule is Cc1ccc(NC(=O)C(C)Cc2ccc(O)c(O)c2)cc1. The van der Waals surface area contributed by atoms with Crippen LogP contribution in [0.2, 0.25) is 0 Å². The Labute approximate surface area is 124 Å². The molecule has 1 atom stereocenters. The number of phenols is 2. The Morgan fingerprint density at radius 2 is 1.76 bits per heavy atom. The first-order valence-electron chi connectivity index (χ1n) is 6.84. The van der Waals surface area contributed by atoms with E-state index in [4.69, 9.17) is 0 Å². The zero-order valence-corrected chi connectivity index (χ0v) is 12.1. The molecule has 0 bridgehead atoms. The number of anilines is 1. The van der Waals surface area contributed by atoms with E-state index in [1.165, 1.54) is 12.1 Å². The molecule has 4 nitrogen and oxygen atoms in total. The fraction of sp³-hybridized carbons (Fsp3) is 0.235. The van der Waals surface area contributed by atoms with Crippen molar-refractivity contribution in [1.29, 1.82) is 0 Å². The Bertz CT molecular complexity index is 635. The third-order valence-corrected chi connectivity index (χ3v) is 3.35. The Kier molecular flexibility index (Phi) is 4.48. The fourth-order valence-corrected chi connectivity index (χ4v) is 2.04. The van der Waals surface area contributed by atoms with Gasteiger partial charge in [-0.2, -0.15) is 0 Å². The zero-order valence-electron chi connectivity index (χ0n) is 12.1. The largest absolute Gasteiger partial charge is 0.504 e. The number of nitrogens with one attached hydrogen (secondary N) is 1. The topological polar surface area (TPSA) is 69.6 Å². The highest BCUT2D eigenvalue weighted by Crippen LogP contribution is 2.26. The molecule has 0 aromatic heterocycles. The molecule has 2 rings (SSSR count). The maximum atomic E-state index is 12.1. The van der Waals surface area contributed by atoms with Crippen molar-refractivity contribution in [3.05, 3.63) is 53.6 Å². The third kappa shape index (κ3) is 3.99. The lowest BCUT2D eigenvalue weighted by Gasteiger charge is -2.13. The minimum atomic E-state index is -0.241. The maximum absolute atomic E-state index is 12.1. The molecule has 4 heteroatoms. The summed E-state index contributed by atoms with van der Waals surface area (Å²) in [4.78, 5) is 12.1. The van der Waals surface area contributed by atoms with Crippen LogP contribution in [0.3, 0.4) is 0 Å². The quantitative estimate of drug-likeness (QED) is 0.755. The highest BCUT2D eigenvalue weighted by atomic mass is 16.3. The lowest BCUT2D eigenvalue weighted by Crippen LogP contribution is -2.22. The summed E-state index contributed by atoms with van der Waals surface area (Å²) in [6, 6.07) is 12.2. The second-order valence-corrected chi connectivity index (χ2v) is 5.28. The predicted molar refractivity (Wildman–Crippen MR) is 82.4 cm³/mol. The van der Waals surface area contributed by atoms with Crippen LogP contribution >= 0.6 is 0 Å². The summed E-state index contributed by atoms with van der Waals surface area (Å²) < 4.78 is 0. The van der Waals surface area contributed by atoms with Crippen molar-refractivity contribution in [3.8, 4) is 11.5 Å². The van der Waals surface area contributed by atoms with Gasteiger partial charge in [-0.3, -0.25) is 4.79 Å². The molecule has 0 saturated heterocycles. The van der Waals surface area contributed by atoms with Gasteiger partial charge >= 0.3 is 0 Å². The van der Waals surface area contributed by atoms with Gasteiger partial charge in [0.25, 0.3) is 0 Å². The molecule has 0 spiro atoms. The number of hydrogen-bond donors (Lipinski definition) is 3. The highest BCUT2D eigenvalue weighted by Gasteiger charge is 2.14. The van der Waals surface area contributed by atoms with Crippen LogP contribution in [0, 0.1) is 12.8 Å². The molecule has 3 N–H and O–H groups in total. The number of aryl methyl sites for hydroxylation is 1. The Balaban J connectivity index is 1.98. The summed E-state index contributed by atoms with van der Waals surface area (Å²) in [5.41, 5.74) is 2.71. The van der Waals surface area contributed by atoms with Crippen molar-refractivity contribution in [2.75, 3.05) is 5.32 Å². The molecule has 110 valence electrons. The first-order valence-corrected chi connectivity index (χ1v) is 6.84. The number of hydrogen-bond acceptors (Lipinski definition) is 3. The van der Waals surface area contributed by atoms with Crippen molar-refractivity contribution in [3.63, 3.8) is 0 Å². The lowest BCUT2D eigenvalue weighted by molar-refractivity contribution is -0.119. The summed E-state index contributed by atoms with van der Waals surface area (Å²) >= 11 is 0. The van der Waals surface area contributed by atoms with Crippen molar-refractivity contribution in [1.82, 2.24) is 0 Å². The summed E-state index contributed by atoms with van der Waals surface area (Å²) in [7, 11) is 0. The molecule has 0 saturated carbocycles. The molecular weight excluding hydrogens is 266 g/mol. The van der Waals surface area contributed by atoms with E-state index in [1.807, 2.05) is 38.1 Å². The van der Waals surface area contributed by atoms with Crippen molar-refractivity contribution < 1.29 is 15.0 Å². The van der Waals surface area contributed by atoms with E-state index in [9.17, 15) is 15.0 Å². The summed E-state index contributed by atoms with van der Waals surface area (Å²) in [6.07, 6.45) is 0.492. The van der Waals surface area contributed by atoms with Crippen LogP contribution in [0.4, 0.5) is 5.69 Å². The summed E-state index contributed by atoms with van der Waals surface area (Å²) in [6.45, 7) is 3.82. The van der Waals surface area contributed by atoms with Gasteiger partial charge in [0.1, 0.15) is 0 Å². The first-order chi connectivity index (χ1) is 9.95. The number of aromatic hydroxyl groups is 2. The van der Waals surface area contributed by atoms with E-state index in [2.05, 4.69) is 5.32 Å². The second-order valence-electron chi connectivity index (χ2n) is 5.28. The smallest absolute Gasteiger partial charge is 0.227 e. The molecule has 0 aliphatic rings. The Morgan fingerprint density at radius 1 is 1.10 bits per heavy atom. The van der Waals surface area contributed by atoms with Gasteiger partial charge in [-0.15, -0.1) is 0 Å². The average molecular weight is 285 g/mol. The van der Waals surface area contributed by atoms with E-state index < -0.39 is 0 Å². The van der Waals surface area contributed by atoms with E-state index >= 15 is 0 Å². The van der Waals surface area contributed by atoms with E-state index in [1.54, 1.807) is 6.07 Å². The highest BCUT2D eigenvalue weighted by molar-refractivity contribution is 5.92. The predicted octanol–water partition coefficient (Wildman–Crippen LogP) is 3.22. The van der Waals surface area contributed by atoms with Gasteiger partial charge in [0.2, 0.25) is 5.91 Å². The van der Waals surface area contributed by atoms with Gasteiger partial charge in [-0.1, -0.05) is 30.7 Å². The molecule has 1 unspecified atom stereocenters. The Hall–Kier alpha value is -2.49. The van der Waals surface area contributed by atoms with Crippen LogP contribution < -0.4 is 5.32 Å². The van der Waals surface area contributed by atoms with Gasteiger partial charge in [0.05, 0.1) is 0 Å². The van der Waals surface area contributed by atoms with Crippen molar-refractivity contribution in [2.24, 2.45) is 5.92 Å². The molecule has 2 aromatic carbocycles. The molecule has 0 radical (unpaired) electrons. The maximum Gasteiger partial charge on any atom is 0.227 e. The molecule has 21 heavy (non-hydrogen) atoms. The minimum Gasteiger partial charge on any atom is -0.504 e. The number of rotatable bonds is 4. The van der Waals surface area contributed by atoms with Gasteiger partial charge in [0, 0.05) is 11.6 Å². The fourth-order valence-electron chi connectivity index (χ4n) is 2.04. The number of carbonyl (C=O) groups excluding carboxylic acids is 1. The Morgan fingerprint density at radius 3 is 2.38 bits per heavy atom. The van der Waals surface area contributed by atoms with Crippen LogP contribution in [-0.4, -0.2) is 16.1 Å². The van der Waals surface area contributed by atoms with E-state index in [0.29, 0.717) is 6.42 Å². The van der Waals surface area contributed by atoms with Crippen LogP contribution in [0.1, 0.15) is 18.1 Å². The van der Waals surface area contributed by atoms with Gasteiger partial charge in [0.15, 0.2) is 11.5 Å². The van der Waals surface area contributed by atoms with Crippen molar-refractivity contribution in [2.45, 2.75) is 20.3 Å².